The van der Waals surface area contributed by atoms with Gasteiger partial charge in [0.15, 0.2) is 0 Å². The third-order valence-electron chi connectivity index (χ3n) is 3.47. The summed E-state index contributed by atoms with van der Waals surface area (Å²) in [6.45, 7) is 6.59. The molecule has 1 aliphatic heterocycles. The molecule has 96 valence electrons. The van der Waals surface area contributed by atoms with Crippen molar-refractivity contribution in [1.29, 1.82) is 0 Å². The first-order valence-corrected chi connectivity index (χ1v) is 6.72. The Kier molecular flexibility index (Phi) is 7.01. The number of nitrogens with two attached hydrogens (primary N) is 1. The highest BCUT2D eigenvalue weighted by atomic mass is 16.6. The molecule has 1 fully saturated rings. The lowest BCUT2D eigenvalue weighted by Crippen LogP contribution is -2.44. The molecule has 1 saturated heterocycles. The minimum atomic E-state index is 0.115. The Labute approximate surface area is 99.7 Å². The van der Waals surface area contributed by atoms with Crippen molar-refractivity contribution >= 4 is 0 Å². The van der Waals surface area contributed by atoms with Gasteiger partial charge in [-0.05, 0) is 12.3 Å². The summed E-state index contributed by atoms with van der Waals surface area (Å²) in [6, 6.07) is 0.141. The quantitative estimate of drug-likeness (QED) is 0.728. The number of rotatable bonds is 7. The lowest BCUT2D eigenvalue weighted by atomic mass is 9.90. The first-order chi connectivity index (χ1) is 7.77. The molecule has 0 aliphatic carbocycles. The van der Waals surface area contributed by atoms with E-state index in [-0.39, 0.29) is 12.1 Å². The van der Waals surface area contributed by atoms with Gasteiger partial charge in [-0.25, -0.2) is 0 Å². The molecule has 3 atom stereocenters. The first-order valence-electron chi connectivity index (χ1n) is 6.72. The molecule has 0 spiro atoms. The van der Waals surface area contributed by atoms with Crippen LogP contribution in [0.3, 0.4) is 0 Å². The summed E-state index contributed by atoms with van der Waals surface area (Å²) >= 11 is 0. The van der Waals surface area contributed by atoms with E-state index >= 15 is 0 Å². The third kappa shape index (κ3) is 4.81. The van der Waals surface area contributed by atoms with Crippen LogP contribution in [-0.4, -0.2) is 32.0 Å². The van der Waals surface area contributed by atoms with Gasteiger partial charge in [0.05, 0.1) is 25.9 Å². The van der Waals surface area contributed by atoms with Crippen molar-refractivity contribution in [2.75, 3.05) is 19.8 Å². The van der Waals surface area contributed by atoms with Crippen LogP contribution in [0.4, 0.5) is 0 Å². The maximum atomic E-state index is 6.19. The van der Waals surface area contributed by atoms with Crippen LogP contribution in [0.15, 0.2) is 0 Å². The van der Waals surface area contributed by atoms with E-state index < -0.39 is 0 Å². The summed E-state index contributed by atoms with van der Waals surface area (Å²) in [5.41, 5.74) is 6.19. The van der Waals surface area contributed by atoms with Gasteiger partial charge in [-0.2, -0.15) is 0 Å². The Morgan fingerprint density at radius 3 is 2.69 bits per heavy atom. The lowest BCUT2D eigenvalue weighted by Gasteiger charge is -2.30. The molecule has 16 heavy (non-hydrogen) atoms. The van der Waals surface area contributed by atoms with Crippen LogP contribution >= 0.6 is 0 Å². The molecule has 1 rings (SSSR count). The fourth-order valence-electron chi connectivity index (χ4n) is 2.27. The first kappa shape index (κ1) is 13.9. The highest BCUT2D eigenvalue weighted by Crippen LogP contribution is 2.20. The van der Waals surface area contributed by atoms with E-state index in [0.29, 0.717) is 13.2 Å². The van der Waals surface area contributed by atoms with E-state index in [2.05, 4.69) is 13.8 Å². The van der Waals surface area contributed by atoms with E-state index in [1.54, 1.807) is 0 Å². The molecule has 0 radical (unpaired) electrons. The van der Waals surface area contributed by atoms with Crippen molar-refractivity contribution in [3.05, 3.63) is 0 Å². The van der Waals surface area contributed by atoms with E-state index in [0.717, 1.165) is 18.9 Å². The van der Waals surface area contributed by atoms with Gasteiger partial charge in [-0.1, -0.05) is 39.5 Å². The molecule has 1 heterocycles. The van der Waals surface area contributed by atoms with Gasteiger partial charge in [0.25, 0.3) is 0 Å². The van der Waals surface area contributed by atoms with Gasteiger partial charge < -0.3 is 15.2 Å². The van der Waals surface area contributed by atoms with Gasteiger partial charge in [-0.15, -0.1) is 0 Å². The SMILES string of the molecule is CCCCC(CC)CC(N)C1COCCO1. The van der Waals surface area contributed by atoms with Crippen LogP contribution in [0.1, 0.15) is 46.0 Å². The van der Waals surface area contributed by atoms with Gasteiger partial charge >= 0.3 is 0 Å². The number of hydrogen-bond donors (Lipinski definition) is 1. The summed E-state index contributed by atoms with van der Waals surface area (Å²) in [7, 11) is 0. The topological polar surface area (TPSA) is 44.5 Å². The minimum absolute atomic E-state index is 0.115. The van der Waals surface area contributed by atoms with Gasteiger partial charge in [0, 0.05) is 6.04 Å². The molecule has 0 aromatic rings. The zero-order valence-electron chi connectivity index (χ0n) is 10.8. The molecule has 3 nitrogen and oxygen atoms in total. The fourth-order valence-corrected chi connectivity index (χ4v) is 2.27. The van der Waals surface area contributed by atoms with Crippen molar-refractivity contribution in [2.45, 2.75) is 58.1 Å². The van der Waals surface area contributed by atoms with Crippen molar-refractivity contribution in [3.8, 4) is 0 Å². The van der Waals surface area contributed by atoms with Crippen molar-refractivity contribution in [1.82, 2.24) is 0 Å². The molecule has 0 bridgehead atoms. The van der Waals surface area contributed by atoms with Crippen molar-refractivity contribution < 1.29 is 9.47 Å². The van der Waals surface area contributed by atoms with Crippen LogP contribution in [0.25, 0.3) is 0 Å². The minimum Gasteiger partial charge on any atom is -0.376 e. The molecular formula is C13H27NO2. The van der Waals surface area contributed by atoms with Crippen LogP contribution in [0.5, 0.6) is 0 Å². The molecular weight excluding hydrogens is 202 g/mol. The van der Waals surface area contributed by atoms with Gasteiger partial charge in [-0.3, -0.25) is 0 Å². The third-order valence-corrected chi connectivity index (χ3v) is 3.47. The predicted molar refractivity (Wildman–Crippen MR) is 66.5 cm³/mol. The average Bonchev–Trinajstić information content (AvgIpc) is 2.35. The standard InChI is InChI=1S/C13H27NO2/c1-3-5-6-11(4-2)9-12(14)13-10-15-7-8-16-13/h11-13H,3-10,14H2,1-2H3. The Balaban J connectivity index is 2.26. The van der Waals surface area contributed by atoms with Crippen LogP contribution in [-0.2, 0) is 9.47 Å². The summed E-state index contributed by atoms with van der Waals surface area (Å²) in [4.78, 5) is 0. The maximum absolute atomic E-state index is 6.19. The highest BCUT2D eigenvalue weighted by molar-refractivity contribution is 4.78. The van der Waals surface area contributed by atoms with E-state index in [4.69, 9.17) is 15.2 Å². The van der Waals surface area contributed by atoms with Crippen LogP contribution < -0.4 is 5.73 Å². The Hall–Kier alpha value is -0.120. The van der Waals surface area contributed by atoms with E-state index in [9.17, 15) is 0 Å². The lowest BCUT2D eigenvalue weighted by molar-refractivity contribution is -0.0991. The fraction of sp³-hybridized carbons (Fsp3) is 1.00. The maximum Gasteiger partial charge on any atom is 0.0960 e. The normalized spacial score (nSPS) is 25.3. The second kappa shape index (κ2) is 8.04. The Morgan fingerprint density at radius 2 is 2.12 bits per heavy atom. The molecule has 1 aliphatic rings. The van der Waals surface area contributed by atoms with Gasteiger partial charge in [0.1, 0.15) is 0 Å². The van der Waals surface area contributed by atoms with Crippen molar-refractivity contribution in [2.24, 2.45) is 11.7 Å². The summed E-state index contributed by atoms with van der Waals surface area (Å²) < 4.78 is 11.0. The van der Waals surface area contributed by atoms with Crippen LogP contribution in [0, 0.1) is 5.92 Å². The number of ether oxygens (including phenoxy) is 2. The Morgan fingerprint density at radius 1 is 1.31 bits per heavy atom. The molecule has 0 aromatic carbocycles. The molecule has 2 N–H and O–H groups in total. The second-order valence-electron chi connectivity index (χ2n) is 4.80. The second-order valence-corrected chi connectivity index (χ2v) is 4.80. The summed E-state index contributed by atoms with van der Waals surface area (Å²) in [5, 5.41) is 0. The molecule has 3 unspecified atom stereocenters. The van der Waals surface area contributed by atoms with Crippen molar-refractivity contribution in [3.63, 3.8) is 0 Å². The summed E-state index contributed by atoms with van der Waals surface area (Å²) in [6.07, 6.45) is 6.30. The molecule has 0 saturated carbocycles. The van der Waals surface area contributed by atoms with E-state index in [1.165, 1.54) is 25.7 Å². The average molecular weight is 229 g/mol. The van der Waals surface area contributed by atoms with Crippen LogP contribution in [0.2, 0.25) is 0 Å². The summed E-state index contributed by atoms with van der Waals surface area (Å²) in [5.74, 6) is 0.750. The molecule has 0 aromatic heterocycles. The molecule has 3 heteroatoms. The highest BCUT2D eigenvalue weighted by Gasteiger charge is 2.24. The predicted octanol–water partition coefficient (Wildman–Crippen LogP) is 2.34. The largest absolute Gasteiger partial charge is 0.376 e. The smallest absolute Gasteiger partial charge is 0.0960 e. The molecule has 0 amide bonds. The van der Waals surface area contributed by atoms with E-state index in [1.807, 2.05) is 0 Å². The number of unbranched alkanes of at least 4 members (excludes halogenated alkanes) is 1. The van der Waals surface area contributed by atoms with Gasteiger partial charge in [0.2, 0.25) is 0 Å². The Bertz CT molecular complexity index is 169. The zero-order valence-corrected chi connectivity index (χ0v) is 10.8. The monoisotopic (exact) mass is 229 g/mol. The number of hydrogen-bond acceptors (Lipinski definition) is 3. The zero-order chi connectivity index (χ0) is 11.8.